The Kier molecular flexibility index (Phi) is 10.0. The van der Waals surface area contributed by atoms with Crippen molar-refractivity contribution in [2.75, 3.05) is 33.4 Å². The first-order valence-corrected chi connectivity index (χ1v) is 9.93. The van der Waals surface area contributed by atoms with Crippen LogP contribution < -0.4 is 10.6 Å². The summed E-state index contributed by atoms with van der Waals surface area (Å²) in [5.74, 6) is 0.594. The minimum absolute atomic E-state index is 0. The lowest BCUT2D eigenvalue weighted by molar-refractivity contribution is -0.137. The number of morpholine rings is 1. The molecule has 0 saturated carbocycles. The summed E-state index contributed by atoms with van der Waals surface area (Å²) in [6.45, 7) is 5.25. The number of aliphatic imine (C=N–C) groups is 1. The van der Waals surface area contributed by atoms with E-state index >= 15 is 0 Å². The monoisotopic (exact) mass is 548 g/mol. The molecule has 0 aliphatic carbocycles. The van der Waals surface area contributed by atoms with Gasteiger partial charge < -0.3 is 15.4 Å². The minimum atomic E-state index is -4.32. The Morgan fingerprint density at radius 3 is 2.19 bits per heavy atom. The first-order chi connectivity index (χ1) is 14.5. The van der Waals surface area contributed by atoms with Gasteiger partial charge in [0.05, 0.1) is 18.8 Å². The van der Waals surface area contributed by atoms with E-state index in [-0.39, 0.29) is 24.0 Å². The van der Waals surface area contributed by atoms with Gasteiger partial charge in [-0.2, -0.15) is 13.2 Å². The van der Waals surface area contributed by atoms with Crippen LogP contribution in [-0.4, -0.2) is 44.2 Å². The Balaban J connectivity index is 0.00000341. The lowest BCUT2D eigenvalue weighted by Crippen LogP contribution is -2.37. The van der Waals surface area contributed by atoms with Crippen molar-refractivity contribution in [3.63, 3.8) is 0 Å². The van der Waals surface area contributed by atoms with E-state index in [0.717, 1.165) is 50.5 Å². The quantitative estimate of drug-likeness (QED) is 0.326. The summed E-state index contributed by atoms with van der Waals surface area (Å²) < 4.78 is 43.4. The van der Waals surface area contributed by atoms with Gasteiger partial charge in [-0.05, 0) is 28.8 Å². The minimum Gasteiger partial charge on any atom is -0.379 e. The summed E-state index contributed by atoms with van der Waals surface area (Å²) in [6, 6.07) is 13.4. The average molecular weight is 548 g/mol. The summed E-state index contributed by atoms with van der Waals surface area (Å²) in [4.78, 5) is 6.58. The molecule has 2 N–H and O–H groups in total. The molecule has 2 aromatic rings. The highest BCUT2D eigenvalue weighted by Crippen LogP contribution is 2.29. The lowest BCUT2D eigenvalue weighted by Gasteiger charge is -2.27. The number of guanidine groups is 1. The van der Waals surface area contributed by atoms with E-state index in [1.807, 2.05) is 12.1 Å². The molecule has 0 atom stereocenters. The van der Waals surface area contributed by atoms with Crippen molar-refractivity contribution in [1.82, 2.24) is 15.5 Å². The van der Waals surface area contributed by atoms with E-state index in [1.165, 1.54) is 23.3 Å². The van der Waals surface area contributed by atoms with Gasteiger partial charge in [-0.3, -0.25) is 9.89 Å². The van der Waals surface area contributed by atoms with Crippen LogP contribution in [0, 0.1) is 0 Å². The topological polar surface area (TPSA) is 48.9 Å². The highest BCUT2D eigenvalue weighted by Gasteiger charge is 2.29. The normalized spacial score (nSPS) is 15.3. The molecule has 2 aromatic carbocycles. The van der Waals surface area contributed by atoms with Crippen LogP contribution in [0.4, 0.5) is 13.2 Å². The van der Waals surface area contributed by atoms with Gasteiger partial charge in [-0.25, -0.2) is 0 Å². The molecule has 0 spiro atoms. The number of rotatable bonds is 6. The summed E-state index contributed by atoms with van der Waals surface area (Å²) in [7, 11) is 1.67. The highest BCUT2D eigenvalue weighted by atomic mass is 127. The van der Waals surface area contributed by atoms with Crippen molar-refractivity contribution in [2.24, 2.45) is 4.99 Å². The van der Waals surface area contributed by atoms with Gasteiger partial charge in [0.15, 0.2) is 5.96 Å². The Hall–Kier alpha value is -1.85. The molecule has 0 aromatic heterocycles. The molecule has 9 heteroatoms. The van der Waals surface area contributed by atoms with Crippen LogP contribution in [0.25, 0.3) is 0 Å². The molecule has 1 saturated heterocycles. The molecule has 1 heterocycles. The third kappa shape index (κ3) is 7.97. The second-order valence-electron chi connectivity index (χ2n) is 7.13. The van der Waals surface area contributed by atoms with Crippen LogP contribution in [0.15, 0.2) is 53.5 Å². The number of ether oxygens (including phenoxy) is 1. The fourth-order valence-electron chi connectivity index (χ4n) is 3.28. The molecule has 5 nitrogen and oxygen atoms in total. The van der Waals surface area contributed by atoms with Crippen LogP contribution >= 0.6 is 24.0 Å². The SMILES string of the molecule is CN=C(NCc1ccc(C(F)(F)F)cc1)NCc1ccccc1CN1CCOCC1.I. The zero-order valence-corrected chi connectivity index (χ0v) is 19.7. The maximum atomic E-state index is 12.7. The van der Waals surface area contributed by atoms with Gasteiger partial charge in [-0.15, -0.1) is 24.0 Å². The van der Waals surface area contributed by atoms with Gasteiger partial charge >= 0.3 is 6.18 Å². The standard InChI is InChI=1S/C22H27F3N4O.HI/c1-26-21(27-14-17-6-8-20(9-7-17)22(23,24)25)28-15-18-4-2-3-5-19(18)16-29-10-12-30-13-11-29;/h2-9H,10-16H2,1H3,(H2,26,27,28);1H. The fraction of sp³-hybridized carbons (Fsp3) is 0.409. The van der Waals surface area contributed by atoms with Crippen LogP contribution in [-0.2, 0) is 30.5 Å². The Morgan fingerprint density at radius 1 is 0.968 bits per heavy atom. The van der Waals surface area contributed by atoms with Crippen LogP contribution in [0.5, 0.6) is 0 Å². The summed E-state index contributed by atoms with van der Waals surface area (Å²) in [5.41, 5.74) is 2.54. The van der Waals surface area contributed by atoms with Crippen molar-refractivity contribution in [3.8, 4) is 0 Å². The molecule has 0 amide bonds. The smallest absolute Gasteiger partial charge is 0.379 e. The molecule has 1 aliphatic heterocycles. The van der Waals surface area contributed by atoms with E-state index < -0.39 is 11.7 Å². The fourth-order valence-corrected chi connectivity index (χ4v) is 3.28. The zero-order chi connectivity index (χ0) is 21.4. The number of alkyl halides is 3. The predicted octanol–water partition coefficient (Wildman–Crippen LogP) is 4.02. The number of halogens is 4. The van der Waals surface area contributed by atoms with Crippen molar-refractivity contribution in [2.45, 2.75) is 25.8 Å². The number of hydrogen-bond acceptors (Lipinski definition) is 3. The highest BCUT2D eigenvalue weighted by molar-refractivity contribution is 14.0. The van der Waals surface area contributed by atoms with Crippen LogP contribution in [0.1, 0.15) is 22.3 Å². The predicted molar refractivity (Wildman–Crippen MR) is 126 cm³/mol. The summed E-state index contributed by atoms with van der Waals surface area (Å²) in [5, 5.41) is 6.43. The molecular formula is C22H28F3IN4O. The van der Waals surface area contributed by atoms with Gasteiger partial charge in [0.1, 0.15) is 0 Å². The molecule has 170 valence electrons. The number of nitrogens with zero attached hydrogens (tertiary/aromatic N) is 2. The Labute approximate surface area is 198 Å². The van der Waals surface area contributed by atoms with Crippen molar-refractivity contribution in [1.29, 1.82) is 0 Å². The maximum Gasteiger partial charge on any atom is 0.416 e. The molecule has 31 heavy (non-hydrogen) atoms. The Morgan fingerprint density at radius 2 is 1.58 bits per heavy atom. The third-order valence-electron chi connectivity index (χ3n) is 5.03. The second-order valence-corrected chi connectivity index (χ2v) is 7.13. The van der Waals surface area contributed by atoms with Crippen LogP contribution in [0.3, 0.4) is 0 Å². The molecule has 1 aliphatic rings. The summed E-state index contributed by atoms with van der Waals surface area (Å²) >= 11 is 0. The van der Waals surface area contributed by atoms with Crippen molar-refractivity contribution < 1.29 is 17.9 Å². The average Bonchev–Trinajstić information content (AvgIpc) is 2.75. The molecule has 0 unspecified atom stereocenters. The zero-order valence-electron chi connectivity index (χ0n) is 17.4. The van der Waals surface area contributed by atoms with E-state index in [1.54, 1.807) is 7.05 Å². The number of nitrogens with one attached hydrogen (secondary N) is 2. The molecule has 0 radical (unpaired) electrons. The van der Waals surface area contributed by atoms with Crippen LogP contribution in [0.2, 0.25) is 0 Å². The molecular weight excluding hydrogens is 520 g/mol. The lowest BCUT2D eigenvalue weighted by atomic mass is 10.1. The largest absolute Gasteiger partial charge is 0.416 e. The molecule has 3 rings (SSSR count). The molecule has 0 bridgehead atoms. The first kappa shape index (κ1) is 25.4. The van der Waals surface area contributed by atoms with Crippen molar-refractivity contribution >= 4 is 29.9 Å². The number of benzene rings is 2. The van der Waals surface area contributed by atoms with Gasteiger partial charge in [-0.1, -0.05) is 36.4 Å². The van der Waals surface area contributed by atoms with Crippen molar-refractivity contribution in [3.05, 3.63) is 70.8 Å². The molecule has 1 fully saturated rings. The van der Waals surface area contributed by atoms with E-state index in [0.29, 0.717) is 19.0 Å². The summed E-state index contributed by atoms with van der Waals surface area (Å²) in [6.07, 6.45) is -4.32. The van der Waals surface area contributed by atoms with Gasteiger partial charge in [0, 0.05) is 39.8 Å². The first-order valence-electron chi connectivity index (χ1n) is 9.93. The second kappa shape index (κ2) is 12.3. The third-order valence-corrected chi connectivity index (χ3v) is 5.03. The van der Waals surface area contributed by atoms with Gasteiger partial charge in [0.25, 0.3) is 0 Å². The van der Waals surface area contributed by atoms with E-state index in [9.17, 15) is 13.2 Å². The maximum absolute atomic E-state index is 12.7. The van der Waals surface area contributed by atoms with E-state index in [2.05, 4.69) is 32.7 Å². The van der Waals surface area contributed by atoms with E-state index in [4.69, 9.17) is 4.74 Å². The number of hydrogen-bond donors (Lipinski definition) is 2. The Bertz CT molecular complexity index is 837. The van der Waals surface area contributed by atoms with Gasteiger partial charge in [0.2, 0.25) is 0 Å².